The number of hydrogen-bond acceptors (Lipinski definition) is 3. The molecule has 1 aromatic carbocycles. The van der Waals surface area contributed by atoms with E-state index in [-0.39, 0.29) is 23.8 Å². The molecule has 0 radical (unpaired) electrons. The lowest BCUT2D eigenvalue weighted by molar-refractivity contribution is -0.123. The molecule has 2 unspecified atom stereocenters. The van der Waals surface area contributed by atoms with Crippen LogP contribution in [-0.2, 0) is 9.59 Å². The fourth-order valence-corrected chi connectivity index (χ4v) is 2.70. The van der Waals surface area contributed by atoms with Crippen LogP contribution in [0.5, 0.6) is 0 Å². The molecule has 1 aromatic rings. The van der Waals surface area contributed by atoms with Crippen LogP contribution < -0.4 is 16.0 Å². The van der Waals surface area contributed by atoms with Crippen molar-refractivity contribution < 1.29 is 9.59 Å². The van der Waals surface area contributed by atoms with Gasteiger partial charge in [0.25, 0.3) is 0 Å². The van der Waals surface area contributed by atoms with Gasteiger partial charge in [0.05, 0.1) is 5.92 Å². The minimum absolute atomic E-state index is 0.0265. The molecule has 1 fully saturated rings. The van der Waals surface area contributed by atoms with Gasteiger partial charge < -0.3 is 16.0 Å². The molecular formula is C14H17N3O2. The number of benzene rings is 1. The average molecular weight is 259 g/mol. The summed E-state index contributed by atoms with van der Waals surface area (Å²) in [5.41, 5.74) is 2.09. The van der Waals surface area contributed by atoms with E-state index in [1.165, 1.54) is 0 Å². The molecule has 0 aromatic heterocycles. The number of anilines is 1. The van der Waals surface area contributed by atoms with Gasteiger partial charge in [-0.1, -0.05) is 18.2 Å². The number of carbonyl (C=O) groups is 2. The van der Waals surface area contributed by atoms with Gasteiger partial charge in [0.2, 0.25) is 11.8 Å². The molecule has 0 saturated carbocycles. The van der Waals surface area contributed by atoms with Crippen molar-refractivity contribution >= 4 is 17.5 Å². The molecule has 2 aliphatic heterocycles. The summed E-state index contributed by atoms with van der Waals surface area (Å²) >= 11 is 0. The third-order valence-corrected chi connectivity index (χ3v) is 3.76. The minimum Gasteiger partial charge on any atom is -0.384 e. The van der Waals surface area contributed by atoms with E-state index < -0.39 is 0 Å². The van der Waals surface area contributed by atoms with Crippen LogP contribution in [0.2, 0.25) is 0 Å². The van der Waals surface area contributed by atoms with Crippen molar-refractivity contribution in [3.8, 4) is 0 Å². The largest absolute Gasteiger partial charge is 0.384 e. The molecular weight excluding hydrogens is 242 g/mol. The van der Waals surface area contributed by atoms with Gasteiger partial charge in [0.1, 0.15) is 0 Å². The molecule has 2 aliphatic rings. The highest BCUT2D eigenvalue weighted by Crippen LogP contribution is 2.30. The van der Waals surface area contributed by atoms with Crippen molar-refractivity contribution in [1.29, 1.82) is 0 Å². The second-order valence-corrected chi connectivity index (χ2v) is 5.07. The van der Waals surface area contributed by atoms with Crippen LogP contribution in [0.1, 0.15) is 24.3 Å². The molecule has 1 saturated heterocycles. The van der Waals surface area contributed by atoms with Crippen LogP contribution in [-0.4, -0.2) is 30.9 Å². The van der Waals surface area contributed by atoms with Crippen molar-refractivity contribution in [1.82, 2.24) is 10.6 Å². The molecule has 3 N–H and O–H groups in total. The third kappa shape index (κ3) is 2.41. The Bertz CT molecular complexity index is 515. The summed E-state index contributed by atoms with van der Waals surface area (Å²) in [7, 11) is 0. The van der Waals surface area contributed by atoms with Crippen LogP contribution in [0.3, 0.4) is 0 Å². The van der Waals surface area contributed by atoms with Crippen LogP contribution in [0.25, 0.3) is 0 Å². The van der Waals surface area contributed by atoms with Crippen LogP contribution in [0.4, 0.5) is 5.69 Å². The van der Waals surface area contributed by atoms with Gasteiger partial charge >= 0.3 is 0 Å². The second-order valence-electron chi connectivity index (χ2n) is 5.07. The highest BCUT2D eigenvalue weighted by atomic mass is 16.2. The monoisotopic (exact) mass is 259 g/mol. The molecule has 100 valence electrons. The van der Waals surface area contributed by atoms with E-state index in [0.717, 1.165) is 17.7 Å². The Morgan fingerprint density at radius 1 is 1.37 bits per heavy atom. The van der Waals surface area contributed by atoms with Crippen molar-refractivity contribution in [2.45, 2.75) is 24.8 Å². The van der Waals surface area contributed by atoms with Crippen LogP contribution in [0, 0.1) is 0 Å². The van der Waals surface area contributed by atoms with E-state index in [1.807, 2.05) is 24.3 Å². The molecule has 0 bridgehead atoms. The lowest BCUT2D eigenvalue weighted by Crippen LogP contribution is -2.40. The first-order valence-corrected chi connectivity index (χ1v) is 6.64. The first-order valence-electron chi connectivity index (χ1n) is 6.64. The zero-order valence-electron chi connectivity index (χ0n) is 10.6. The van der Waals surface area contributed by atoms with E-state index in [2.05, 4.69) is 16.0 Å². The maximum Gasteiger partial charge on any atom is 0.229 e. The van der Waals surface area contributed by atoms with Crippen LogP contribution in [0.15, 0.2) is 24.3 Å². The van der Waals surface area contributed by atoms with Gasteiger partial charge in [-0.05, 0) is 18.1 Å². The van der Waals surface area contributed by atoms with Crippen molar-refractivity contribution in [2.24, 2.45) is 0 Å². The van der Waals surface area contributed by atoms with Gasteiger partial charge in [-0.2, -0.15) is 0 Å². The SMILES string of the molecule is O=C1CCC(CNC(=O)C2CNc3ccccc32)N1. The maximum atomic E-state index is 12.2. The molecule has 2 heterocycles. The minimum atomic E-state index is -0.131. The Morgan fingerprint density at radius 3 is 3.00 bits per heavy atom. The maximum absolute atomic E-state index is 12.2. The molecule has 0 aliphatic carbocycles. The number of fused-ring (bicyclic) bond motifs is 1. The first kappa shape index (κ1) is 12.0. The highest BCUT2D eigenvalue weighted by molar-refractivity contribution is 5.88. The second kappa shape index (κ2) is 4.91. The molecule has 19 heavy (non-hydrogen) atoms. The van der Waals surface area contributed by atoms with Gasteiger partial charge in [-0.3, -0.25) is 9.59 Å². The number of para-hydroxylation sites is 1. The van der Waals surface area contributed by atoms with Crippen molar-refractivity contribution in [3.05, 3.63) is 29.8 Å². The fraction of sp³-hybridized carbons (Fsp3) is 0.429. The van der Waals surface area contributed by atoms with Gasteiger partial charge in [-0.25, -0.2) is 0 Å². The summed E-state index contributed by atoms with van der Waals surface area (Å²) in [4.78, 5) is 23.3. The molecule has 5 heteroatoms. The standard InChI is InChI=1S/C14H17N3O2/c18-13-6-5-9(17-13)7-16-14(19)11-8-15-12-4-2-1-3-10(11)12/h1-4,9,11,15H,5-8H2,(H,16,19)(H,17,18). The topological polar surface area (TPSA) is 70.2 Å². The predicted octanol–water partition coefficient (Wildman–Crippen LogP) is 0.590. The highest BCUT2D eigenvalue weighted by Gasteiger charge is 2.29. The van der Waals surface area contributed by atoms with E-state index in [4.69, 9.17) is 0 Å². The van der Waals surface area contributed by atoms with Gasteiger partial charge in [-0.15, -0.1) is 0 Å². The lowest BCUT2D eigenvalue weighted by Gasteiger charge is -2.14. The third-order valence-electron chi connectivity index (χ3n) is 3.76. The Labute approximate surface area is 111 Å². The first-order chi connectivity index (χ1) is 9.24. The van der Waals surface area contributed by atoms with Crippen molar-refractivity contribution in [3.63, 3.8) is 0 Å². The van der Waals surface area contributed by atoms with E-state index in [0.29, 0.717) is 19.5 Å². The van der Waals surface area contributed by atoms with Gasteiger partial charge in [0.15, 0.2) is 0 Å². The summed E-state index contributed by atoms with van der Waals surface area (Å²) in [5, 5.41) is 9.02. The summed E-state index contributed by atoms with van der Waals surface area (Å²) < 4.78 is 0. The number of amides is 2. The predicted molar refractivity (Wildman–Crippen MR) is 71.8 cm³/mol. The molecule has 0 spiro atoms. The summed E-state index contributed by atoms with van der Waals surface area (Å²) in [6.07, 6.45) is 1.37. The molecule has 3 rings (SSSR count). The quantitative estimate of drug-likeness (QED) is 0.744. The fourth-order valence-electron chi connectivity index (χ4n) is 2.70. The number of hydrogen-bond donors (Lipinski definition) is 3. The van der Waals surface area contributed by atoms with Gasteiger partial charge in [0, 0.05) is 31.2 Å². The summed E-state index contributed by atoms with van der Waals surface area (Å²) in [6.45, 7) is 1.16. The zero-order chi connectivity index (χ0) is 13.2. The lowest BCUT2D eigenvalue weighted by atomic mass is 10.0. The van der Waals surface area contributed by atoms with E-state index in [9.17, 15) is 9.59 Å². The number of carbonyl (C=O) groups excluding carboxylic acids is 2. The van der Waals surface area contributed by atoms with Crippen LogP contribution >= 0.6 is 0 Å². The summed E-state index contributed by atoms with van der Waals surface area (Å²) in [6, 6.07) is 7.96. The Kier molecular flexibility index (Phi) is 3.11. The Morgan fingerprint density at radius 2 is 2.21 bits per heavy atom. The normalized spacial score (nSPS) is 24.5. The number of nitrogens with one attached hydrogen (secondary N) is 3. The average Bonchev–Trinajstić information content (AvgIpc) is 3.02. The number of rotatable bonds is 3. The smallest absolute Gasteiger partial charge is 0.229 e. The van der Waals surface area contributed by atoms with Crippen molar-refractivity contribution in [2.75, 3.05) is 18.4 Å². The molecule has 2 atom stereocenters. The Balaban J connectivity index is 1.58. The van der Waals surface area contributed by atoms with E-state index in [1.54, 1.807) is 0 Å². The Hall–Kier alpha value is -2.04. The summed E-state index contributed by atoms with van der Waals surface area (Å²) in [5.74, 6) is -0.0287. The molecule has 2 amide bonds. The zero-order valence-corrected chi connectivity index (χ0v) is 10.6. The molecule has 5 nitrogen and oxygen atoms in total. The van der Waals surface area contributed by atoms with E-state index >= 15 is 0 Å².